The molecule has 1 unspecified atom stereocenters. The van der Waals surface area contributed by atoms with Gasteiger partial charge in [-0.15, -0.1) is 0 Å². The molecule has 1 amide bonds. The predicted octanol–water partition coefficient (Wildman–Crippen LogP) is -4.12. The molecule has 9 heteroatoms. The van der Waals surface area contributed by atoms with Gasteiger partial charge in [0.25, 0.3) is 0 Å². The van der Waals surface area contributed by atoms with E-state index in [0.717, 1.165) is 6.92 Å². The van der Waals surface area contributed by atoms with Gasteiger partial charge in [0.05, 0.1) is 18.8 Å². The van der Waals surface area contributed by atoms with Crippen LogP contribution in [0.15, 0.2) is 0 Å². The van der Waals surface area contributed by atoms with E-state index >= 15 is 0 Å². The van der Waals surface area contributed by atoms with Crippen LogP contribution in [0.1, 0.15) is 8.35 Å². The molecule has 7 nitrogen and oxygen atoms in total. The minimum absolute atomic E-state index is 0. The van der Waals surface area contributed by atoms with Gasteiger partial charge in [-0.25, -0.2) is 5.06 Å². The summed E-state index contributed by atoms with van der Waals surface area (Å²) >= 11 is 0. The van der Waals surface area contributed by atoms with Crippen molar-refractivity contribution in [2.45, 2.75) is 13.0 Å². The first-order valence-corrected chi connectivity index (χ1v) is 5.22. The molecule has 1 atom stereocenters. The molecule has 0 bridgehead atoms. The zero-order valence-corrected chi connectivity index (χ0v) is 10.9. The SMILES string of the molecule is CC(=O)N(O)CC(O)CP(=O)(O)O.[H-].[Na+]. The van der Waals surface area contributed by atoms with Gasteiger partial charge in [-0.05, 0) is 0 Å². The van der Waals surface area contributed by atoms with Crippen LogP contribution >= 0.6 is 7.60 Å². The van der Waals surface area contributed by atoms with E-state index in [1.54, 1.807) is 0 Å². The van der Waals surface area contributed by atoms with E-state index in [-0.39, 0.29) is 36.0 Å². The third-order valence-electron chi connectivity index (χ3n) is 1.20. The van der Waals surface area contributed by atoms with E-state index < -0.39 is 32.3 Å². The molecule has 4 N–H and O–H groups in total. The molecule has 0 fully saturated rings. The monoisotopic (exact) mass is 237 g/mol. The van der Waals surface area contributed by atoms with Crippen LogP contribution in [0, 0.1) is 0 Å². The summed E-state index contributed by atoms with van der Waals surface area (Å²) in [5, 5.41) is 17.9. The number of hydrogen-bond donors (Lipinski definition) is 4. The van der Waals surface area contributed by atoms with Gasteiger partial charge in [-0.3, -0.25) is 14.6 Å². The van der Waals surface area contributed by atoms with Crippen molar-refractivity contribution in [3.63, 3.8) is 0 Å². The molecule has 0 spiro atoms. The molecule has 0 saturated carbocycles. The summed E-state index contributed by atoms with van der Waals surface area (Å²) in [7, 11) is -4.31. The minimum atomic E-state index is -4.31. The smallest absolute Gasteiger partial charge is 1.00 e. The fourth-order valence-corrected chi connectivity index (χ4v) is 1.32. The minimum Gasteiger partial charge on any atom is -1.00 e. The van der Waals surface area contributed by atoms with Crippen molar-refractivity contribution in [2.24, 2.45) is 0 Å². The van der Waals surface area contributed by atoms with Crippen LogP contribution in [0.2, 0.25) is 0 Å². The number of amides is 1. The van der Waals surface area contributed by atoms with Gasteiger partial charge >= 0.3 is 37.2 Å². The van der Waals surface area contributed by atoms with Gasteiger partial charge in [0.15, 0.2) is 0 Å². The second-order valence-corrected chi connectivity index (χ2v) is 4.30. The second-order valence-electron chi connectivity index (χ2n) is 2.60. The largest absolute Gasteiger partial charge is 1.00 e. The number of nitrogens with zero attached hydrogens (tertiary/aromatic N) is 1. The summed E-state index contributed by atoms with van der Waals surface area (Å²) in [5.74, 6) is -0.704. The summed E-state index contributed by atoms with van der Waals surface area (Å²) in [6.45, 7) is 0.546. The molecule has 0 aliphatic rings. The van der Waals surface area contributed by atoms with Crippen LogP contribution in [0.25, 0.3) is 0 Å². The summed E-state index contributed by atoms with van der Waals surface area (Å²) in [6.07, 6.45) is -2.22. The zero-order valence-electron chi connectivity index (χ0n) is 8.99. The normalized spacial score (nSPS) is 12.9. The maximum atomic E-state index is 10.4. The summed E-state index contributed by atoms with van der Waals surface area (Å²) in [6, 6.07) is 0. The van der Waals surface area contributed by atoms with Crippen molar-refractivity contribution in [3.05, 3.63) is 0 Å². The average molecular weight is 237 g/mol. The Morgan fingerprint density at radius 3 is 2.29 bits per heavy atom. The Labute approximate surface area is 105 Å². The molecule has 0 aromatic rings. The molecule has 0 aliphatic carbocycles. The first-order chi connectivity index (χ1) is 5.72. The van der Waals surface area contributed by atoms with E-state index in [1.165, 1.54) is 0 Å². The van der Waals surface area contributed by atoms with Crippen molar-refractivity contribution < 1.29 is 60.4 Å². The van der Waals surface area contributed by atoms with Gasteiger partial charge < -0.3 is 16.3 Å². The molecule has 0 aliphatic heterocycles. The van der Waals surface area contributed by atoms with Gasteiger partial charge in [0, 0.05) is 6.92 Å². The predicted molar refractivity (Wildman–Crippen MR) is 43.2 cm³/mol. The average Bonchev–Trinajstić information content (AvgIpc) is 1.81. The molecule has 14 heavy (non-hydrogen) atoms. The zero-order chi connectivity index (χ0) is 10.6. The van der Waals surface area contributed by atoms with Crippen molar-refractivity contribution >= 4 is 13.5 Å². The number of carbonyl (C=O) groups excluding carboxylic acids is 1. The Kier molecular flexibility index (Phi) is 8.38. The van der Waals surface area contributed by atoms with Gasteiger partial charge in [0.2, 0.25) is 5.91 Å². The van der Waals surface area contributed by atoms with Crippen molar-refractivity contribution in [1.82, 2.24) is 5.06 Å². The summed E-state index contributed by atoms with van der Waals surface area (Å²) in [4.78, 5) is 27.2. The van der Waals surface area contributed by atoms with Crippen LogP contribution in [0.5, 0.6) is 0 Å². The molecule has 0 rings (SSSR count). The topological polar surface area (TPSA) is 118 Å². The van der Waals surface area contributed by atoms with Crippen LogP contribution in [0.3, 0.4) is 0 Å². The number of rotatable bonds is 4. The molecule has 0 heterocycles. The number of aliphatic hydroxyl groups excluding tert-OH is 1. The third kappa shape index (κ3) is 9.11. The van der Waals surface area contributed by atoms with Crippen LogP contribution in [0.4, 0.5) is 0 Å². The quantitative estimate of drug-likeness (QED) is 0.171. The Morgan fingerprint density at radius 2 is 2.00 bits per heavy atom. The Hall–Kier alpha value is 0.540. The van der Waals surface area contributed by atoms with Gasteiger partial charge in [-0.2, -0.15) is 0 Å². The maximum Gasteiger partial charge on any atom is 1.00 e. The first kappa shape index (κ1) is 17.0. The van der Waals surface area contributed by atoms with Crippen molar-refractivity contribution in [1.29, 1.82) is 0 Å². The van der Waals surface area contributed by atoms with E-state index in [0.29, 0.717) is 0 Å². The fourth-order valence-electron chi connectivity index (χ4n) is 0.660. The number of hydrogen-bond acceptors (Lipinski definition) is 4. The molecular weight excluding hydrogens is 224 g/mol. The van der Waals surface area contributed by atoms with Crippen LogP contribution in [-0.2, 0) is 9.36 Å². The number of carbonyl (C=O) groups is 1. The standard InChI is InChI=1S/C5H12NO6P.Na.H/c1-4(7)6(9)2-5(8)3-13(10,11)12;;/h5,8-9H,2-3H2,1H3,(H2,10,11,12);;/q;+1;-1. The Balaban J connectivity index is -0.000000720. The fraction of sp³-hybridized carbons (Fsp3) is 0.800. The third-order valence-corrected chi connectivity index (χ3v) is 2.09. The van der Waals surface area contributed by atoms with Crippen LogP contribution in [-0.4, -0.2) is 49.9 Å². The van der Waals surface area contributed by atoms with Crippen LogP contribution < -0.4 is 29.6 Å². The van der Waals surface area contributed by atoms with Gasteiger partial charge in [-0.1, -0.05) is 0 Å². The molecule has 0 aromatic carbocycles. The van der Waals surface area contributed by atoms with E-state index in [1.807, 2.05) is 0 Å². The summed E-state index contributed by atoms with van der Waals surface area (Å²) in [5.41, 5.74) is 0. The second kappa shape index (κ2) is 6.92. The van der Waals surface area contributed by atoms with E-state index in [4.69, 9.17) is 20.1 Å². The van der Waals surface area contributed by atoms with Crippen molar-refractivity contribution in [3.8, 4) is 0 Å². The first-order valence-electron chi connectivity index (χ1n) is 3.42. The number of aliphatic hydroxyl groups is 1. The molecule has 0 radical (unpaired) electrons. The molecule has 0 aromatic heterocycles. The number of hydroxylamine groups is 2. The van der Waals surface area contributed by atoms with Gasteiger partial charge in [0.1, 0.15) is 0 Å². The maximum absolute atomic E-state index is 10.4. The van der Waals surface area contributed by atoms with E-state index in [2.05, 4.69) is 0 Å². The summed E-state index contributed by atoms with van der Waals surface area (Å²) < 4.78 is 10.3. The Bertz CT molecular complexity index is 236. The van der Waals surface area contributed by atoms with Crippen molar-refractivity contribution in [2.75, 3.05) is 12.7 Å². The molecule has 80 valence electrons. The molecular formula is C5H13NNaO6P. The molecule has 0 saturated heterocycles. The van der Waals surface area contributed by atoms with E-state index in [9.17, 15) is 9.36 Å². The Morgan fingerprint density at radius 1 is 1.57 bits per heavy atom.